The Bertz CT molecular complexity index is 1040. The number of amides is 2. The predicted octanol–water partition coefficient (Wildman–Crippen LogP) is 1.23. The normalized spacial score (nSPS) is 19.1. The average Bonchev–Trinajstić information content (AvgIpc) is 3.41. The molecule has 1 unspecified atom stereocenters. The van der Waals surface area contributed by atoms with Gasteiger partial charge in [-0.3, -0.25) is 9.67 Å². The molecule has 2 N–H and O–H groups in total. The van der Waals surface area contributed by atoms with E-state index >= 15 is 0 Å². The van der Waals surface area contributed by atoms with Crippen molar-refractivity contribution in [1.29, 1.82) is 0 Å². The van der Waals surface area contributed by atoms with Crippen molar-refractivity contribution in [1.82, 2.24) is 35.2 Å². The number of carbonyl (C=O) groups is 1. The molecule has 0 bridgehead atoms. The second-order valence-corrected chi connectivity index (χ2v) is 7.01. The molecule has 0 spiro atoms. The summed E-state index contributed by atoms with van der Waals surface area (Å²) in [7, 11) is 1.89. The number of anilines is 1. The fraction of sp³-hybridized carbons (Fsp3) is 0.333. The third kappa shape index (κ3) is 2.60. The van der Waals surface area contributed by atoms with E-state index in [9.17, 15) is 9.18 Å². The summed E-state index contributed by atoms with van der Waals surface area (Å²) in [6.45, 7) is 2.69. The predicted molar refractivity (Wildman–Crippen MR) is 100 cm³/mol. The van der Waals surface area contributed by atoms with Crippen LogP contribution in [-0.4, -0.2) is 68.1 Å². The highest BCUT2D eigenvalue weighted by atomic mass is 19.1. The van der Waals surface area contributed by atoms with Gasteiger partial charge in [0, 0.05) is 38.8 Å². The first-order valence-corrected chi connectivity index (χ1v) is 9.11. The number of nitrogens with zero attached hydrogens (tertiary/aromatic N) is 6. The number of aromatic amines is 1. The van der Waals surface area contributed by atoms with Crippen molar-refractivity contribution in [2.75, 3.05) is 31.1 Å². The number of hydrogen-bond donors (Lipinski definition) is 2. The number of piperazine rings is 1. The summed E-state index contributed by atoms with van der Waals surface area (Å²) in [5.74, 6) is 1.03. The van der Waals surface area contributed by atoms with Crippen LogP contribution in [0, 0.1) is 5.82 Å². The van der Waals surface area contributed by atoms with E-state index in [1.807, 2.05) is 16.5 Å². The molecule has 1 aromatic carbocycles. The molecular weight excluding hydrogens is 363 g/mol. The van der Waals surface area contributed by atoms with Crippen molar-refractivity contribution in [3.8, 4) is 22.8 Å². The summed E-state index contributed by atoms with van der Waals surface area (Å²) in [5, 5.41) is 18.7. The molecule has 2 aliphatic rings. The van der Waals surface area contributed by atoms with Crippen molar-refractivity contribution < 1.29 is 9.18 Å². The Morgan fingerprint density at radius 2 is 2.07 bits per heavy atom. The van der Waals surface area contributed by atoms with Gasteiger partial charge < -0.3 is 15.1 Å². The van der Waals surface area contributed by atoms with E-state index in [0.29, 0.717) is 49.0 Å². The molecule has 2 fully saturated rings. The summed E-state index contributed by atoms with van der Waals surface area (Å²) in [6, 6.07) is 8.43. The maximum atomic E-state index is 14.0. The maximum absolute atomic E-state index is 14.0. The Balaban J connectivity index is 1.41. The number of carbonyl (C=O) groups excluding carboxylic acids is 1. The quantitative estimate of drug-likeness (QED) is 0.710. The van der Waals surface area contributed by atoms with Crippen LogP contribution in [0.3, 0.4) is 0 Å². The number of urea groups is 1. The lowest BCUT2D eigenvalue weighted by atomic mass is 10.1. The van der Waals surface area contributed by atoms with Crippen LogP contribution in [0.2, 0.25) is 0 Å². The number of H-pyrrole nitrogens is 1. The summed E-state index contributed by atoms with van der Waals surface area (Å²) in [6.07, 6.45) is 0. The number of rotatable bonds is 3. The lowest BCUT2D eigenvalue weighted by Crippen LogP contribution is -2.52. The van der Waals surface area contributed by atoms with Crippen molar-refractivity contribution in [3.05, 3.63) is 36.1 Å². The first-order chi connectivity index (χ1) is 13.6. The van der Waals surface area contributed by atoms with Gasteiger partial charge in [-0.2, -0.15) is 5.10 Å². The van der Waals surface area contributed by atoms with Gasteiger partial charge in [0.05, 0.1) is 11.7 Å². The lowest BCUT2D eigenvalue weighted by Gasteiger charge is -2.36. The zero-order valence-corrected chi connectivity index (χ0v) is 15.3. The summed E-state index contributed by atoms with van der Waals surface area (Å²) < 4.78 is 15.9. The van der Waals surface area contributed by atoms with E-state index in [4.69, 9.17) is 0 Å². The van der Waals surface area contributed by atoms with Gasteiger partial charge in [0.15, 0.2) is 5.82 Å². The first kappa shape index (κ1) is 16.7. The van der Waals surface area contributed by atoms with E-state index in [1.165, 1.54) is 6.07 Å². The van der Waals surface area contributed by atoms with Crippen LogP contribution in [0.5, 0.6) is 0 Å². The minimum absolute atomic E-state index is 0.00133. The molecule has 1 atom stereocenters. The molecule has 144 valence electrons. The Labute approximate surface area is 160 Å². The zero-order chi connectivity index (χ0) is 19.3. The number of hydrogen-bond acceptors (Lipinski definition) is 5. The molecule has 28 heavy (non-hydrogen) atoms. The molecule has 2 aromatic heterocycles. The lowest BCUT2D eigenvalue weighted by molar-refractivity contribution is 0.197. The zero-order valence-electron chi connectivity index (χ0n) is 15.3. The van der Waals surface area contributed by atoms with Gasteiger partial charge in [0.25, 0.3) is 0 Å². The smallest absolute Gasteiger partial charge is 0.317 e. The van der Waals surface area contributed by atoms with Crippen LogP contribution < -0.4 is 10.2 Å². The van der Waals surface area contributed by atoms with Gasteiger partial charge in [-0.15, -0.1) is 10.2 Å². The van der Waals surface area contributed by atoms with E-state index in [0.717, 1.165) is 5.95 Å². The summed E-state index contributed by atoms with van der Waals surface area (Å²) in [5.41, 5.74) is 1.61. The van der Waals surface area contributed by atoms with E-state index in [2.05, 4.69) is 30.6 Å². The van der Waals surface area contributed by atoms with Crippen LogP contribution in [-0.2, 0) is 7.05 Å². The van der Waals surface area contributed by atoms with Crippen LogP contribution in [0.25, 0.3) is 22.8 Å². The molecule has 5 rings (SSSR count). The van der Waals surface area contributed by atoms with Gasteiger partial charge >= 0.3 is 6.03 Å². The minimum atomic E-state index is -0.322. The molecule has 10 heteroatoms. The van der Waals surface area contributed by atoms with Gasteiger partial charge in [0.2, 0.25) is 5.95 Å². The number of halogens is 1. The molecule has 3 aromatic rings. The molecule has 0 aliphatic carbocycles. The van der Waals surface area contributed by atoms with Crippen molar-refractivity contribution >= 4 is 12.0 Å². The molecule has 9 nitrogen and oxygen atoms in total. The fourth-order valence-electron chi connectivity index (χ4n) is 3.86. The maximum Gasteiger partial charge on any atom is 0.317 e. The minimum Gasteiger partial charge on any atom is -0.337 e. The van der Waals surface area contributed by atoms with E-state index in [1.54, 1.807) is 24.3 Å². The number of fused-ring (bicyclic) bond motifs is 1. The second kappa shape index (κ2) is 6.32. The fourth-order valence-corrected chi connectivity index (χ4v) is 3.86. The van der Waals surface area contributed by atoms with Crippen LogP contribution in [0.1, 0.15) is 0 Å². The van der Waals surface area contributed by atoms with Crippen LogP contribution in [0.15, 0.2) is 30.3 Å². The molecule has 0 radical (unpaired) electrons. The number of nitrogens with one attached hydrogen (secondary N) is 2. The summed E-state index contributed by atoms with van der Waals surface area (Å²) in [4.78, 5) is 15.8. The van der Waals surface area contributed by atoms with Crippen molar-refractivity contribution in [2.24, 2.45) is 7.05 Å². The Kier molecular flexibility index (Phi) is 3.78. The molecule has 4 heterocycles. The van der Waals surface area contributed by atoms with Crippen LogP contribution >= 0.6 is 0 Å². The third-order valence-electron chi connectivity index (χ3n) is 5.34. The Morgan fingerprint density at radius 1 is 1.21 bits per heavy atom. The number of aromatic nitrogens is 5. The Hall–Kier alpha value is -3.43. The van der Waals surface area contributed by atoms with Gasteiger partial charge in [0.1, 0.15) is 11.5 Å². The molecule has 2 amide bonds. The largest absolute Gasteiger partial charge is 0.337 e. The van der Waals surface area contributed by atoms with Gasteiger partial charge in [-0.25, -0.2) is 9.18 Å². The molecular formula is C18H19FN8O. The van der Waals surface area contributed by atoms with Gasteiger partial charge in [-0.1, -0.05) is 12.1 Å². The highest BCUT2D eigenvalue weighted by Crippen LogP contribution is 2.27. The topological polar surface area (TPSA) is 95.0 Å². The molecule has 2 saturated heterocycles. The Morgan fingerprint density at radius 3 is 2.93 bits per heavy atom. The second-order valence-electron chi connectivity index (χ2n) is 7.01. The number of benzene rings is 1. The molecule has 2 aliphatic heterocycles. The van der Waals surface area contributed by atoms with Crippen molar-refractivity contribution in [3.63, 3.8) is 0 Å². The highest BCUT2D eigenvalue weighted by molar-refractivity contribution is 5.77. The monoisotopic (exact) mass is 382 g/mol. The standard InChI is InChI=1S/C18H19FN8O/c1-25-16(15-8-14(21-22-15)12-4-2-3-5-13(12)19)23-24-17(25)26-6-7-27-11(10-26)9-20-18(27)28/h2-5,8,11H,6-7,9-10H2,1H3,(H,20,28)(H,21,22). The average molecular weight is 382 g/mol. The highest BCUT2D eigenvalue weighted by Gasteiger charge is 2.36. The van der Waals surface area contributed by atoms with E-state index < -0.39 is 0 Å². The molecule has 0 saturated carbocycles. The van der Waals surface area contributed by atoms with Crippen LogP contribution in [0.4, 0.5) is 15.1 Å². The third-order valence-corrected chi connectivity index (χ3v) is 5.34. The van der Waals surface area contributed by atoms with E-state index in [-0.39, 0.29) is 17.9 Å². The van der Waals surface area contributed by atoms with Gasteiger partial charge in [-0.05, 0) is 18.2 Å². The first-order valence-electron chi connectivity index (χ1n) is 9.11. The van der Waals surface area contributed by atoms with Crippen molar-refractivity contribution in [2.45, 2.75) is 6.04 Å². The summed E-state index contributed by atoms with van der Waals surface area (Å²) >= 11 is 0. The SMILES string of the molecule is Cn1c(-c2cc(-c3ccccc3F)n[nH]2)nnc1N1CCN2C(=O)NCC2C1.